The van der Waals surface area contributed by atoms with Gasteiger partial charge in [0.2, 0.25) is 0 Å². The number of fused-ring (bicyclic) bond motifs is 1. The second kappa shape index (κ2) is 4.70. The van der Waals surface area contributed by atoms with Gasteiger partial charge >= 0.3 is 0 Å². The van der Waals surface area contributed by atoms with E-state index in [9.17, 15) is 0 Å². The van der Waals surface area contributed by atoms with Gasteiger partial charge in [-0.25, -0.2) is 0 Å². The van der Waals surface area contributed by atoms with Gasteiger partial charge in [-0.05, 0) is 18.2 Å². The van der Waals surface area contributed by atoms with E-state index in [2.05, 4.69) is 34.7 Å². The first kappa shape index (κ1) is 11.1. The normalized spacial score (nSPS) is 11.4. The SMILES string of the molecule is Sc1ccccc1N=Cc1c[nH]c2ccccc12. The van der Waals surface area contributed by atoms with Crippen molar-refractivity contribution in [2.24, 2.45) is 4.99 Å². The Morgan fingerprint density at radius 1 is 1.00 bits per heavy atom. The van der Waals surface area contributed by atoms with E-state index in [1.54, 1.807) is 0 Å². The first-order chi connectivity index (χ1) is 8.84. The number of nitrogens with one attached hydrogen (secondary N) is 1. The molecule has 0 radical (unpaired) electrons. The van der Waals surface area contributed by atoms with E-state index in [0.717, 1.165) is 21.7 Å². The number of aromatic amines is 1. The van der Waals surface area contributed by atoms with Gasteiger partial charge < -0.3 is 4.98 Å². The minimum atomic E-state index is 0.881. The van der Waals surface area contributed by atoms with E-state index in [4.69, 9.17) is 0 Å². The van der Waals surface area contributed by atoms with Crippen molar-refractivity contribution in [1.82, 2.24) is 4.98 Å². The molecule has 0 amide bonds. The number of aromatic nitrogens is 1. The summed E-state index contributed by atoms with van der Waals surface area (Å²) >= 11 is 4.38. The molecule has 3 heteroatoms. The van der Waals surface area contributed by atoms with Crippen molar-refractivity contribution in [3.63, 3.8) is 0 Å². The van der Waals surface area contributed by atoms with Crippen LogP contribution in [-0.2, 0) is 0 Å². The second-order valence-corrected chi connectivity index (χ2v) is 4.52. The number of aliphatic imine (C=N–C) groups is 1. The van der Waals surface area contributed by atoms with Crippen molar-refractivity contribution in [3.05, 3.63) is 60.3 Å². The van der Waals surface area contributed by atoms with Gasteiger partial charge in [-0.15, -0.1) is 12.6 Å². The third kappa shape index (κ3) is 2.05. The maximum absolute atomic E-state index is 4.48. The fraction of sp³-hybridized carbons (Fsp3) is 0. The highest BCUT2D eigenvalue weighted by Crippen LogP contribution is 2.23. The van der Waals surface area contributed by atoms with Crippen molar-refractivity contribution in [2.75, 3.05) is 0 Å². The van der Waals surface area contributed by atoms with Crippen LogP contribution in [0.4, 0.5) is 5.69 Å². The largest absolute Gasteiger partial charge is 0.361 e. The summed E-state index contributed by atoms with van der Waals surface area (Å²) in [6, 6.07) is 16.0. The molecule has 3 rings (SSSR count). The van der Waals surface area contributed by atoms with Gasteiger partial charge in [0.25, 0.3) is 0 Å². The van der Waals surface area contributed by atoms with Gasteiger partial charge in [0, 0.05) is 33.8 Å². The van der Waals surface area contributed by atoms with E-state index in [-0.39, 0.29) is 0 Å². The summed E-state index contributed by atoms with van der Waals surface area (Å²) in [5.74, 6) is 0. The minimum absolute atomic E-state index is 0.881. The molecule has 0 fully saturated rings. The summed E-state index contributed by atoms with van der Waals surface area (Å²) in [5, 5.41) is 1.18. The number of H-pyrrole nitrogens is 1. The molecule has 0 atom stereocenters. The summed E-state index contributed by atoms with van der Waals surface area (Å²) in [5.41, 5.74) is 3.09. The van der Waals surface area contributed by atoms with Crippen molar-refractivity contribution >= 4 is 35.4 Å². The van der Waals surface area contributed by atoms with E-state index >= 15 is 0 Å². The predicted octanol–water partition coefficient (Wildman–Crippen LogP) is 4.21. The highest BCUT2D eigenvalue weighted by atomic mass is 32.1. The molecule has 1 heterocycles. The Balaban J connectivity index is 2.00. The Morgan fingerprint density at radius 2 is 1.78 bits per heavy atom. The highest BCUT2D eigenvalue weighted by Gasteiger charge is 2.00. The summed E-state index contributed by atoms with van der Waals surface area (Å²) in [6.07, 6.45) is 3.84. The zero-order chi connectivity index (χ0) is 12.4. The van der Waals surface area contributed by atoms with Crippen LogP contribution in [0.5, 0.6) is 0 Å². The van der Waals surface area contributed by atoms with E-state index in [0.29, 0.717) is 0 Å². The molecular weight excluding hydrogens is 240 g/mol. The number of para-hydroxylation sites is 2. The summed E-state index contributed by atoms with van der Waals surface area (Å²) in [6.45, 7) is 0. The molecule has 0 saturated carbocycles. The molecule has 0 aliphatic rings. The number of nitrogens with zero attached hydrogens (tertiary/aromatic N) is 1. The zero-order valence-electron chi connectivity index (χ0n) is 9.67. The second-order valence-electron chi connectivity index (χ2n) is 4.04. The predicted molar refractivity (Wildman–Crippen MR) is 79.2 cm³/mol. The Morgan fingerprint density at radius 3 is 2.67 bits per heavy atom. The fourth-order valence-corrected chi connectivity index (χ4v) is 2.13. The highest BCUT2D eigenvalue weighted by molar-refractivity contribution is 7.80. The van der Waals surface area contributed by atoms with Crippen LogP contribution in [-0.4, -0.2) is 11.2 Å². The number of benzene rings is 2. The lowest BCUT2D eigenvalue weighted by Crippen LogP contribution is -1.77. The summed E-state index contributed by atoms with van der Waals surface area (Å²) < 4.78 is 0. The van der Waals surface area contributed by atoms with Crippen LogP contribution in [0.25, 0.3) is 10.9 Å². The van der Waals surface area contributed by atoms with Crippen LogP contribution in [0.1, 0.15) is 5.56 Å². The molecule has 1 aromatic heterocycles. The molecule has 0 unspecified atom stereocenters. The van der Waals surface area contributed by atoms with Crippen molar-refractivity contribution in [3.8, 4) is 0 Å². The maximum Gasteiger partial charge on any atom is 0.0763 e. The molecule has 88 valence electrons. The third-order valence-corrected chi connectivity index (χ3v) is 3.22. The maximum atomic E-state index is 4.48. The number of thiol groups is 1. The molecule has 0 saturated heterocycles. The molecule has 2 aromatic carbocycles. The number of hydrogen-bond donors (Lipinski definition) is 2. The van der Waals surface area contributed by atoms with Gasteiger partial charge in [-0.1, -0.05) is 30.3 Å². The monoisotopic (exact) mass is 252 g/mol. The fourth-order valence-electron chi connectivity index (χ4n) is 1.91. The van der Waals surface area contributed by atoms with Crippen molar-refractivity contribution in [2.45, 2.75) is 4.90 Å². The molecule has 0 aliphatic heterocycles. The molecule has 1 N–H and O–H groups in total. The standard InChI is InChI=1S/C15H12N2S/c18-15-8-4-3-7-14(15)17-10-11-9-16-13-6-2-1-5-12(11)13/h1-10,16,18H. The lowest BCUT2D eigenvalue weighted by molar-refractivity contribution is 1.39. The molecule has 3 aromatic rings. The van der Waals surface area contributed by atoms with Gasteiger partial charge in [-0.2, -0.15) is 0 Å². The van der Waals surface area contributed by atoms with Crippen LogP contribution in [0.2, 0.25) is 0 Å². The summed E-state index contributed by atoms with van der Waals surface area (Å²) in [4.78, 5) is 8.59. The topological polar surface area (TPSA) is 28.1 Å². The van der Waals surface area contributed by atoms with Gasteiger partial charge in [0.05, 0.1) is 5.69 Å². The Kier molecular flexibility index (Phi) is 2.90. The van der Waals surface area contributed by atoms with Crippen LogP contribution >= 0.6 is 12.6 Å². The quantitative estimate of drug-likeness (QED) is 0.505. The third-order valence-electron chi connectivity index (χ3n) is 2.85. The number of rotatable bonds is 2. The molecule has 0 aliphatic carbocycles. The number of hydrogen-bond acceptors (Lipinski definition) is 2. The average Bonchev–Trinajstić information content (AvgIpc) is 2.81. The molecule has 2 nitrogen and oxygen atoms in total. The van der Waals surface area contributed by atoms with Crippen molar-refractivity contribution < 1.29 is 0 Å². The molecule has 18 heavy (non-hydrogen) atoms. The van der Waals surface area contributed by atoms with Crippen LogP contribution in [0, 0.1) is 0 Å². The van der Waals surface area contributed by atoms with E-state index in [1.807, 2.05) is 48.8 Å². The molecule has 0 spiro atoms. The summed E-state index contributed by atoms with van der Waals surface area (Å²) in [7, 11) is 0. The average molecular weight is 252 g/mol. The van der Waals surface area contributed by atoms with Gasteiger partial charge in [0.15, 0.2) is 0 Å². The van der Waals surface area contributed by atoms with E-state index < -0.39 is 0 Å². The van der Waals surface area contributed by atoms with Crippen LogP contribution < -0.4 is 0 Å². The lowest BCUT2D eigenvalue weighted by Gasteiger charge is -1.96. The van der Waals surface area contributed by atoms with Crippen LogP contribution in [0.15, 0.2) is 64.6 Å². The first-order valence-corrected chi connectivity index (χ1v) is 6.17. The Hall–Kier alpha value is -2.00. The van der Waals surface area contributed by atoms with Gasteiger partial charge in [-0.3, -0.25) is 4.99 Å². The smallest absolute Gasteiger partial charge is 0.0763 e. The molecular formula is C15H12N2S. The van der Waals surface area contributed by atoms with Crippen molar-refractivity contribution in [1.29, 1.82) is 0 Å². The molecule has 0 bridgehead atoms. The van der Waals surface area contributed by atoms with E-state index in [1.165, 1.54) is 5.39 Å². The lowest BCUT2D eigenvalue weighted by atomic mass is 10.2. The zero-order valence-corrected chi connectivity index (χ0v) is 10.6. The van der Waals surface area contributed by atoms with Crippen LogP contribution in [0.3, 0.4) is 0 Å². The Bertz CT molecular complexity index is 713. The minimum Gasteiger partial charge on any atom is -0.361 e. The van der Waals surface area contributed by atoms with Gasteiger partial charge in [0.1, 0.15) is 0 Å². The first-order valence-electron chi connectivity index (χ1n) is 5.73. The Labute approximate surface area is 111 Å².